The number of hydrogen-bond donors (Lipinski definition) is 5. The van der Waals surface area contributed by atoms with Crippen LogP contribution in [0.25, 0.3) is 0 Å². The van der Waals surface area contributed by atoms with Gasteiger partial charge in [-0.25, -0.2) is 0 Å². The van der Waals surface area contributed by atoms with E-state index >= 15 is 0 Å². The molecule has 0 aliphatic heterocycles. The molecule has 0 heterocycles. The number of carboxylic acids is 1. The van der Waals surface area contributed by atoms with Crippen LogP contribution in [0.2, 0.25) is 0 Å². The van der Waals surface area contributed by atoms with Crippen molar-refractivity contribution in [1.29, 1.82) is 0 Å². The number of aliphatic carboxylic acids is 1. The number of rotatable bonds is 20. The quantitative estimate of drug-likeness (QED) is 0.0958. The van der Waals surface area contributed by atoms with Crippen LogP contribution in [-0.4, -0.2) is 83.4 Å². The number of carboxylic acid groups (broad SMARTS) is 1. The van der Waals surface area contributed by atoms with Crippen LogP contribution in [0.1, 0.15) is 64.0 Å². The molecule has 0 spiro atoms. The van der Waals surface area contributed by atoms with Crippen LogP contribution in [0.15, 0.2) is 60.7 Å². The Kier molecular flexibility index (Phi) is 17.3. The molecule has 0 bridgehead atoms. The molecular weight excluding hydrogens is 668 g/mol. The fourth-order valence-corrected chi connectivity index (χ4v) is 4.18. The maximum atomic E-state index is 13.4. The summed E-state index contributed by atoms with van der Waals surface area (Å²) in [6, 6.07) is 14.4. The average Bonchev–Trinajstić information content (AvgIpc) is 3.08. The first-order chi connectivity index (χ1) is 24.1. The minimum absolute atomic E-state index is 0.0418. The highest BCUT2D eigenvalue weighted by Crippen LogP contribution is 2.11. The summed E-state index contributed by atoms with van der Waals surface area (Å²) in [5.41, 5.74) is 0.575. The molecule has 0 aromatic heterocycles. The van der Waals surface area contributed by atoms with E-state index in [1.807, 2.05) is 0 Å². The monoisotopic (exact) mass is 712 g/mol. The molecule has 16 heteroatoms. The number of hydrogen-bond acceptors (Lipinski definition) is 11. The van der Waals surface area contributed by atoms with Crippen molar-refractivity contribution in [3.63, 3.8) is 0 Å². The molecule has 51 heavy (non-hydrogen) atoms. The van der Waals surface area contributed by atoms with Crippen molar-refractivity contribution in [3.8, 4) is 0 Å². The molecule has 0 saturated carbocycles. The Morgan fingerprint density at radius 1 is 0.627 bits per heavy atom. The lowest BCUT2D eigenvalue weighted by molar-refractivity contribution is -0.155. The number of nitrogens with one attached hydrogen (secondary N) is 4. The van der Waals surface area contributed by atoms with E-state index in [0.717, 1.165) is 5.56 Å². The summed E-state index contributed by atoms with van der Waals surface area (Å²) in [4.78, 5) is 99.8. The summed E-state index contributed by atoms with van der Waals surface area (Å²) < 4.78 is 15.5. The number of ether oxygens (including phenoxy) is 3. The molecule has 0 aliphatic rings. The van der Waals surface area contributed by atoms with E-state index in [2.05, 4.69) is 21.3 Å². The molecule has 16 nitrogen and oxygen atoms in total. The van der Waals surface area contributed by atoms with E-state index in [0.29, 0.717) is 5.56 Å². The summed E-state index contributed by atoms with van der Waals surface area (Å²) >= 11 is 0. The van der Waals surface area contributed by atoms with Crippen molar-refractivity contribution in [2.75, 3.05) is 13.1 Å². The van der Waals surface area contributed by atoms with Crippen molar-refractivity contribution >= 4 is 47.5 Å². The summed E-state index contributed by atoms with van der Waals surface area (Å²) in [6.07, 6.45) is -2.38. The van der Waals surface area contributed by atoms with Gasteiger partial charge in [0.15, 0.2) is 0 Å². The smallest absolute Gasteiger partial charge is 0.325 e. The van der Waals surface area contributed by atoms with Gasteiger partial charge in [0.2, 0.25) is 23.6 Å². The first-order valence-electron chi connectivity index (χ1n) is 16.1. The highest BCUT2D eigenvalue weighted by atomic mass is 16.6. The van der Waals surface area contributed by atoms with Gasteiger partial charge in [-0.15, -0.1) is 0 Å². The van der Waals surface area contributed by atoms with Crippen LogP contribution in [0.4, 0.5) is 0 Å². The maximum Gasteiger partial charge on any atom is 0.325 e. The van der Waals surface area contributed by atoms with Gasteiger partial charge in [-0.3, -0.25) is 38.4 Å². The van der Waals surface area contributed by atoms with Crippen molar-refractivity contribution in [2.45, 2.75) is 83.8 Å². The summed E-state index contributed by atoms with van der Waals surface area (Å²) in [6.45, 7) is 3.61. The van der Waals surface area contributed by atoms with Gasteiger partial charge in [-0.05, 0) is 38.3 Å². The predicted octanol–water partition coefficient (Wildman–Crippen LogP) is 1.05. The van der Waals surface area contributed by atoms with Crippen LogP contribution in [0.3, 0.4) is 0 Å². The zero-order valence-corrected chi connectivity index (χ0v) is 28.7. The van der Waals surface area contributed by atoms with Crippen LogP contribution in [-0.2, 0) is 65.8 Å². The Hall–Kier alpha value is -5.80. The molecule has 0 saturated heterocycles. The molecule has 2 aromatic rings. The Balaban J connectivity index is 2.12. The molecule has 0 aliphatic carbocycles. The van der Waals surface area contributed by atoms with Crippen molar-refractivity contribution < 1.29 is 57.7 Å². The first-order valence-corrected chi connectivity index (χ1v) is 16.1. The number of benzene rings is 2. The Morgan fingerprint density at radius 2 is 1.16 bits per heavy atom. The minimum atomic E-state index is -1.64. The Bertz CT molecular complexity index is 1510. The van der Waals surface area contributed by atoms with E-state index < -0.39 is 97.5 Å². The topological polar surface area (TPSA) is 233 Å². The predicted molar refractivity (Wildman–Crippen MR) is 179 cm³/mol. The van der Waals surface area contributed by atoms with Crippen molar-refractivity contribution in [1.82, 2.24) is 21.3 Å². The lowest BCUT2D eigenvalue weighted by Crippen LogP contribution is -2.55. The SMILES string of the molecule is CC(C)(C)OC(=O)CCC(NC(=O)CCC(=O)O)C(=O)NC(CC(=O)NCC(=O)OCc1ccccc1)C(=O)NCC(=O)OCc1ccccc1. The van der Waals surface area contributed by atoms with Gasteiger partial charge >= 0.3 is 23.9 Å². The minimum Gasteiger partial charge on any atom is -0.481 e. The summed E-state index contributed by atoms with van der Waals surface area (Å²) in [5.74, 6) is -7.19. The van der Waals surface area contributed by atoms with E-state index in [1.54, 1.807) is 81.4 Å². The van der Waals surface area contributed by atoms with Crippen LogP contribution >= 0.6 is 0 Å². The number of amides is 4. The van der Waals surface area contributed by atoms with Gasteiger partial charge in [0, 0.05) is 12.8 Å². The second-order valence-corrected chi connectivity index (χ2v) is 12.2. The van der Waals surface area contributed by atoms with Crippen LogP contribution < -0.4 is 21.3 Å². The van der Waals surface area contributed by atoms with Gasteiger partial charge in [-0.1, -0.05) is 60.7 Å². The van der Waals surface area contributed by atoms with Gasteiger partial charge < -0.3 is 40.6 Å². The lowest BCUT2D eigenvalue weighted by Gasteiger charge is -2.24. The number of carbonyl (C=O) groups excluding carboxylic acids is 7. The molecule has 276 valence electrons. The number of carbonyl (C=O) groups is 8. The first kappa shape index (κ1) is 41.4. The zero-order valence-electron chi connectivity index (χ0n) is 28.7. The fraction of sp³-hybridized carbons (Fsp3) is 0.429. The van der Waals surface area contributed by atoms with Crippen molar-refractivity contribution in [3.05, 3.63) is 71.8 Å². The molecule has 4 amide bonds. The highest BCUT2D eigenvalue weighted by molar-refractivity contribution is 5.96. The normalized spacial score (nSPS) is 11.9. The maximum absolute atomic E-state index is 13.4. The van der Waals surface area contributed by atoms with Crippen LogP contribution in [0, 0.1) is 0 Å². The highest BCUT2D eigenvalue weighted by Gasteiger charge is 2.30. The van der Waals surface area contributed by atoms with E-state index in [1.165, 1.54) is 0 Å². The van der Waals surface area contributed by atoms with E-state index in [9.17, 15) is 38.4 Å². The average molecular weight is 713 g/mol. The fourth-order valence-electron chi connectivity index (χ4n) is 4.18. The lowest BCUT2D eigenvalue weighted by atomic mass is 10.1. The molecule has 5 N–H and O–H groups in total. The van der Waals surface area contributed by atoms with E-state index in [-0.39, 0.29) is 26.1 Å². The second-order valence-electron chi connectivity index (χ2n) is 12.2. The Morgan fingerprint density at radius 3 is 1.67 bits per heavy atom. The van der Waals surface area contributed by atoms with Gasteiger partial charge in [0.25, 0.3) is 0 Å². The zero-order chi connectivity index (χ0) is 37.8. The standard InChI is InChI=1S/C35H44N4O12/c1-35(2,3)51-30(44)17-14-25(38-27(40)15-16-29(42)43)34(48)39-26(33(47)37-20-32(46)50-22-24-12-8-5-9-13-24)18-28(41)36-19-31(45)49-21-23-10-6-4-7-11-23/h4-13,25-26H,14-22H2,1-3H3,(H,36,41)(H,37,47)(H,38,40)(H,39,48)(H,42,43). The molecule has 0 fully saturated rings. The van der Waals surface area contributed by atoms with Gasteiger partial charge in [0.1, 0.15) is 44.0 Å². The largest absolute Gasteiger partial charge is 0.481 e. The molecule has 2 aromatic carbocycles. The molecule has 2 unspecified atom stereocenters. The summed E-state index contributed by atoms with van der Waals surface area (Å²) in [7, 11) is 0. The molecule has 0 radical (unpaired) electrons. The van der Waals surface area contributed by atoms with Crippen LogP contribution in [0.5, 0.6) is 0 Å². The van der Waals surface area contributed by atoms with E-state index in [4.69, 9.17) is 19.3 Å². The number of esters is 3. The molecular formula is C35H44N4O12. The van der Waals surface area contributed by atoms with Gasteiger partial charge in [0.05, 0.1) is 12.8 Å². The van der Waals surface area contributed by atoms with Crippen molar-refractivity contribution in [2.24, 2.45) is 0 Å². The van der Waals surface area contributed by atoms with Gasteiger partial charge in [-0.2, -0.15) is 0 Å². The third-order valence-electron chi connectivity index (χ3n) is 6.62. The Labute approximate surface area is 295 Å². The second kappa shape index (κ2) is 21.3. The third kappa shape index (κ3) is 18.5. The molecule has 2 atom stereocenters. The summed E-state index contributed by atoms with van der Waals surface area (Å²) in [5, 5.41) is 18.2. The third-order valence-corrected chi connectivity index (χ3v) is 6.62. The molecule has 2 rings (SSSR count).